The topological polar surface area (TPSA) is 0 Å². The molecule has 0 heterocycles. The summed E-state index contributed by atoms with van der Waals surface area (Å²) in [5, 5.41) is -1.15. The first-order valence-corrected chi connectivity index (χ1v) is 2.04. The molecule has 46 valence electrons. The second-order valence-electron chi connectivity index (χ2n) is 0.913. The summed E-state index contributed by atoms with van der Waals surface area (Å²) in [4.78, 5) is 0. The highest BCUT2D eigenvalue weighted by atomic mass is 35.5. The van der Waals surface area contributed by atoms with Gasteiger partial charge in [-0.2, -0.15) is 13.2 Å². The molecule has 4 heteroatoms. The number of halogens is 4. The molecular weight excluding hydrogens is 140 g/mol. The Morgan fingerprint density at radius 1 is 1.12 bits per heavy atom. The number of allylic oxidation sites excluding steroid dienone is 2. The van der Waals surface area contributed by atoms with Crippen LogP contribution in [0.2, 0.25) is 0 Å². The van der Waals surface area contributed by atoms with Crippen LogP contribution in [-0.4, -0.2) is 0 Å². The smallest absolute Gasteiger partial charge is 0.194 e. The van der Waals surface area contributed by atoms with Gasteiger partial charge in [-0.3, -0.25) is 0 Å². The molecule has 0 atom stereocenters. The molecule has 0 aromatic carbocycles. The predicted octanol–water partition coefficient (Wildman–Crippen LogP) is 2.82. The van der Waals surface area contributed by atoms with Gasteiger partial charge in [-0.05, 0) is 6.08 Å². The van der Waals surface area contributed by atoms with E-state index in [1.54, 1.807) is 0 Å². The zero-order valence-electron chi connectivity index (χ0n) is 3.67. The van der Waals surface area contributed by atoms with E-state index in [2.05, 4.69) is 11.6 Å². The van der Waals surface area contributed by atoms with Crippen molar-refractivity contribution in [2.24, 2.45) is 0 Å². The van der Waals surface area contributed by atoms with Crippen molar-refractivity contribution in [1.29, 1.82) is 0 Å². The lowest BCUT2D eigenvalue weighted by Gasteiger charge is -1.73. The standard InChI is InChI=1S/C4H2ClF3/c5-3(6)1-2-4(7)8/h1-2H/b3-1+. The van der Waals surface area contributed by atoms with Crippen LogP contribution in [0.3, 0.4) is 0 Å². The molecule has 0 spiro atoms. The fourth-order valence-electron chi connectivity index (χ4n) is 0.126. The van der Waals surface area contributed by atoms with Gasteiger partial charge in [-0.1, -0.05) is 11.6 Å². The second-order valence-corrected chi connectivity index (χ2v) is 1.27. The largest absolute Gasteiger partial charge is 0.270 e. The van der Waals surface area contributed by atoms with Crippen molar-refractivity contribution in [2.45, 2.75) is 0 Å². The van der Waals surface area contributed by atoms with Gasteiger partial charge in [-0.15, -0.1) is 0 Å². The molecule has 0 saturated heterocycles. The minimum absolute atomic E-state index is 0.280. The zero-order valence-corrected chi connectivity index (χ0v) is 4.42. The van der Waals surface area contributed by atoms with E-state index >= 15 is 0 Å². The second kappa shape index (κ2) is 3.55. The van der Waals surface area contributed by atoms with Gasteiger partial charge in [0.1, 0.15) is 0 Å². The minimum atomic E-state index is -1.97. The van der Waals surface area contributed by atoms with Crippen LogP contribution in [0.5, 0.6) is 0 Å². The Bertz CT molecular complexity index is 103. The van der Waals surface area contributed by atoms with Crippen molar-refractivity contribution < 1.29 is 13.2 Å². The minimum Gasteiger partial charge on any atom is -0.194 e. The summed E-state index contributed by atoms with van der Waals surface area (Å²) in [5.41, 5.74) is 0. The van der Waals surface area contributed by atoms with E-state index in [0.717, 1.165) is 0 Å². The van der Waals surface area contributed by atoms with Crippen LogP contribution in [-0.2, 0) is 0 Å². The monoisotopic (exact) mass is 142 g/mol. The Labute approximate surface area is 49.3 Å². The quantitative estimate of drug-likeness (QED) is 0.494. The summed E-state index contributed by atoms with van der Waals surface area (Å²) in [6.07, 6.45) is -1.22. The molecule has 0 aliphatic rings. The fraction of sp³-hybridized carbons (Fsp3) is 0. The van der Waals surface area contributed by atoms with Crippen molar-refractivity contribution >= 4 is 11.6 Å². The molecule has 0 rings (SSSR count). The van der Waals surface area contributed by atoms with Crippen molar-refractivity contribution in [3.8, 4) is 0 Å². The first kappa shape index (κ1) is 7.56. The van der Waals surface area contributed by atoms with Crippen molar-refractivity contribution in [2.75, 3.05) is 0 Å². The third-order valence-electron chi connectivity index (χ3n) is 0.335. The summed E-state index contributed by atoms with van der Waals surface area (Å²) < 4.78 is 33.3. The molecule has 0 aliphatic heterocycles. The zero-order chi connectivity index (χ0) is 6.57. The molecule has 0 saturated carbocycles. The summed E-state index contributed by atoms with van der Waals surface area (Å²) in [5.74, 6) is 0. The molecule has 0 aromatic rings. The Hall–Kier alpha value is -0.440. The Morgan fingerprint density at radius 2 is 1.62 bits per heavy atom. The normalized spacial score (nSPS) is 11.2. The summed E-state index contributed by atoms with van der Waals surface area (Å²) in [6, 6.07) is 0. The molecule has 0 bridgehead atoms. The van der Waals surface area contributed by atoms with Gasteiger partial charge in [0.25, 0.3) is 6.08 Å². The highest BCUT2D eigenvalue weighted by molar-refractivity contribution is 6.28. The Balaban J connectivity index is 3.76. The first-order chi connectivity index (χ1) is 3.63. The molecule has 0 radical (unpaired) electrons. The summed E-state index contributed by atoms with van der Waals surface area (Å²) in [7, 11) is 0. The van der Waals surface area contributed by atoms with Crippen LogP contribution in [0.1, 0.15) is 0 Å². The summed E-state index contributed by atoms with van der Waals surface area (Å²) >= 11 is 4.54. The van der Waals surface area contributed by atoms with Gasteiger partial charge in [0.2, 0.25) is 0 Å². The van der Waals surface area contributed by atoms with E-state index in [1.807, 2.05) is 0 Å². The Kier molecular flexibility index (Phi) is 3.35. The van der Waals surface area contributed by atoms with Gasteiger partial charge in [-0.25, -0.2) is 0 Å². The van der Waals surface area contributed by atoms with Crippen LogP contribution in [0, 0.1) is 0 Å². The van der Waals surface area contributed by atoms with Crippen LogP contribution in [0.25, 0.3) is 0 Å². The molecule has 0 unspecified atom stereocenters. The van der Waals surface area contributed by atoms with Crippen molar-refractivity contribution in [3.63, 3.8) is 0 Å². The SMILES string of the molecule is FC(F)=C/C=C(/F)Cl. The third kappa shape index (κ3) is 5.56. The first-order valence-electron chi connectivity index (χ1n) is 1.67. The van der Waals surface area contributed by atoms with Gasteiger partial charge in [0.15, 0.2) is 5.29 Å². The number of hydrogen-bond acceptors (Lipinski definition) is 0. The maximum Gasteiger partial charge on any atom is 0.270 e. The lowest BCUT2D eigenvalue weighted by molar-refractivity contribution is 0.422. The molecule has 8 heavy (non-hydrogen) atoms. The van der Waals surface area contributed by atoms with Crippen molar-refractivity contribution in [3.05, 3.63) is 23.5 Å². The van der Waals surface area contributed by atoms with Crippen LogP contribution < -0.4 is 0 Å². The highest BCUT2D eigenvalue weighted by Crippen LogP contribution is 2.04. The lowest BCUT2D eigenvalue weighted by atomic mass is 10.6. The molecular formula is C4H2ClF3. The Morgan fingerprint density at radius 3 is 1.75 bits per heavy atom. The van der Waals surface area contributed by atoms with Gasteiger partial charge < -0.3 is 0 Å². The van der Waals surface area contributed by atoms with Crippen molar-refractivity contribution in [1.82, 2.24) is 0 Å². The van der Waals surface area contributed by atoms with E-state index in [0.29, 0.717) is 6.08 Å². The van der Waals surface area contributed by atoms with E-state index in [1.165, 1.54) is 0 Å². The molecule has 0 fully saturated rings. The van der Waals surface area contributed by atoms with E-state index < -0.39 is 11.4 Å². The molecule has 0 aliphatic carbocycles. The average Bonchev–Trinajstić information content (AvgIpc) is 1.61. The molecule has 0 N–H and O–H groups in total. The number of hydrogen-bond donors (Lipinski definition) is 0. The van der Waals surface area contributed by atoms with Gasteiger partial charge >= 0.3 is 0 Å². The molecule has 0 nitrogen and oxygen atoms in total. The molecule has 0 amide bonds. The van der Waals surface area contributed by atoms with Gasteiger partial charge in [0, 0.05) is 6.08 Å². The lowest BCUT2D eigenvalue weighted by Crippen LogP contribution is -1.55. The van der Waals surface area contributed by atoms with E-state index in [4.69, 9.17) is 0 Å². The fourth-order valence-corrected chi connectivity index (χ4v) is 0.189. The van der Waals surface area contributed by atoms with Gasteiger partial charge in [0.05, 0.1) is 0 Å². The maximum absolute atomic E-state index is 11.3. The number of rotatable bonds is 1. The maximum atomic E-state index is 11.3. The van der Waals surface area contributed by atoms with Crippen LogP contribution in [0.4, 0.5) is 13.2 Å². The molecule has 0 aromatic heterocycles. The van der Waals surface area contributed by atoms with Crippen LogP contribution >= 0.6 is 11.6 Å². The van der Waals surface area contributed by atoms with Crippen LogP contribution in [0.15, 0.2) is 23.5 Å². The highest BCUT2D eigenvalue weighted by Gasteiger charge is 1.84. The summed E-state index contributed by atoms with van der Waals surface area (Å²) in [6.45, 7) is 0. The van der Waals surface area contributed by atoms with E-state index in [9.17, 15) is 13.2 Å². The van der Waals surface area contributed by atoms with E-state index in [-0.39, 0.29) is 6.08 Å². The average molecular weight is 143 g/mol. The predicted molar refractivity (Wildman–Crippen MR) is 25.3 cm³/mol. The third-order valence-corrected chi connectivity index (χ3v) is 0.461.